The van der Waals surface area contributed by atoms with Crippen LogP contribution in [0.5, 0.6) is 0 Å². The zero-order chi connectivity index (χ0) is 45.2. The van der Waals surface area contributed by atoms with Crippen molar-refractivity contribution in [1.29, 1.82) is 0 Å². The summed E-state index contributed by atoms with van der Waals surface area (Å²) in [6.45, 7) is 8.80. The van der Waals surface area contributed by atoms with Crippen LogP contribution >= 0.6 is 0 Å². The Morgan fingerprint density at radius 1 is 0.400 bits per heavy atom. The lowest BCUT2D eigenvalue weighted by atomic mass is 9.33. The first-order valence-electron chi connectivity index (χ1n) is 21.7. The van der Waals surface area contributed by atoms with Crippen LogP contribution in [0.25, 0.3) is 22.3 Å². The van der Waals surface area contributed by atoms with E-state index >= 15 is 0 Å². The van der Waals surface area contributed by atoms with E-state index in [0.29, 0.717) is 11.1 Å². The Labute approximate surface area is 375 Å². The average molecular weight is 883 g/mol. The molecule has 0 spiro atoms. The minimum absolute atomic E-state index is 0.181. The predicted octanol–water partition coefficient (Wildman–Crippen LogP) is 11.9. The van der Waals surface area contributed by atoms with Gasteiger partial charge < -0.3 is 9.80 Å². The average Bonchev–Trinajstić information content (AvgIpc) is 3.30. The van der Waals surface area contributed by atoms with Gasteiger partial charge >= 0.3 is 12.4 Å². The fraction of sp³-hybridized carbons (Fsp3) is 0.127. The van der Waals surface area contributed by atoms with Crippen molar-refractivity contribution in [3.8, 4) is 22.3 Å². The molecule has 8 aromatic rings. The Morgan fingerprint density at radius 3 is 1.22 bits per heavy atom. The van der Waals surface area contributed by atoms with Crippen molar-refractivity contribution in [2.45, 2.75) is 45.1 Å². The summed E-state index contributed by atoms with van der Waals surface area (Å²) in [7, 11) is -2.80. The van der Waals surface area contributed by atoms with Crippen LogP contribution in [-0.4, -0.2) is 14.8 Å². The molecule has 2 nitrogen and oxygen atoms in total. The third-order valence-electron chi connectivity index (χ3n) is 13.8. The molecular formula is C55H41BF6N2Si. The second-order valence-corrected chi connectivity index (χ2v) is 22.3. The first kappa shape index (κ1) is 41.0. The van der Waals surface area contributed by atoms with Gasteiger partial charge in [-0.15, -0.1) is 0 Å². The van der Waals surface area contributed by atoms with Crippen molar-refractivity contribution < 1.29 is 26.3 Å². The molecule has 65 heavy (non-hydrogen) atoms. The van der Waals surface area contributed by atoms with Gasteiger partial charge in [-0.1, -0.05) is 153 Å². The van der Waals surface area contributed by atoms with Crippen LogP contribution in [0, 0.1) is 0 Å². The molecule has 0 N–H and O–H groups in total. The number of nitrogens with zero attached hydrogens (tertiary/aromatic N) is 2. The first-order chi connectivity index (χ1) is 31.0. The molecule has 0 bridgehead atoms. The lowest BCUT2D eigenvalue weighted by molar-refractivity contribution is -0.138. The summed E-state index contributed by atoms with van der Waals surface area (Å²) in [5, 5.41) is 3.85. The van der Waals surface area contributed by atoms with Gasteiger partial charge in [0.2, 0.25) is 0 Å². The number of alkyl halides is 6. The lowest BCUT2D eigenvalue weighted by Crippen LogP contribution is -2.83. The van der Waals surface area contributed by atoms with Gasteiger partial charge in [0.25, 0.3) is 6.71 Å². The van der Waals surface area contributed by atoms with Crippen molar-refractivity contribution in [3.63, 3.8) is 0 Å². The van der Waals surface area contributed by atoms with Crippen molar-refractivity contribution in [2.75, 3.05) is 9.80 Å². The van der Waals surface area contributed by atoms with Crippen LogP contribution in [-0.2, 0) is 17.8 Å². The SMILES string of the molecule is CC(C)(C)c1cc2c3c(c1)N(c1ccccc1-c1ccc(C(F)(F)F)cc1)c1cccc4c1B3c1c(cccc1[Si]4(C)c1ccccc1)N2c1ccccc1-c1ccc(C(F)(F)F)cc1. The van der Waals surface area contributed by atoms with E-state index in [1.54, 1.807) is 24.3 Å². The van der Waals surface area contributed by atoms with E-state index in [-0.39, 0.29) is 12.1 Å². The highest BCUT2D eigenvalue weighted by molar-refractivity contribution is 7.21. The summed E-state index contributed by atoms with van der Waals surface area (Å²) in [5.74, 6) is 0. The van der Waals surface area contributed by atoms with E-state index < -0.39 is 31.6 Å². The quantitative estimate of drug-likeness (QED) is 0.126. The summed E-state index contributed by atoms with van der Waals surface area (Å²) >= 11 is 0. The summed E-state index contributed by atoms with van der Waals surface area (Å²) in [4.78, 5) is 4.66. The van der Waals surface area contributed by atoms with Crippen LogP contribution in [0.15, 0.2) is 176 Å². The molecule has 0 radical (unpaired) electrons. The van der Waals surface area contributed by atoms with Gasteiger partial charge in [-0.05, 0) is 104 Å². The number of benzene rings is 8. The van der Waals surface area contributed by atoms with Gasteiger partial charge in [0, 0.05) is 33.9 Å². The Kier molecular flexibility index (Phi) is 9.05. The fourth-order valence-corrected chi connectivity index (χ4v) is 14.9. The molecule has 0 saturated heterocycles. The van der Waals surface area contributed by atoms with E-state index in [9.17, 15) is 26.3 Å². The first-order valence-corrected chi connectivity index (χ1v) is 24.2. The minimum Gasteiger partial charge on any atom is -0.311 e. The summed E-state index contributed by atoms with van der Waals surface area (Å²) in [6.07, 6.45) is -8.95. The van der Waals surface area contributed by atoms with Crippen molar-refractivity contribution >= 4 is 80.9 Å². The van der Waals surface area contributed by atoms with Crippen LogP contribution < -0.4 is 41.7 Å². The Bertz CT molecular complexity index is 3010. The molecule has 0 fully saturated rings. The molecule has 10 heteroatoms. The third-order valence-corrected chi connectivity index (χ3v) is 18.3. The zero-order valence-electron chi connectivity index (χ0n) is 36.0. The van der Waals surface area contributed by atoms with E-state index in [1.807, 2.05) is 42.5 Å². The van der Waals surface area contributed by atoms with Gasteiger partial charge in [0.05, 0.1) is 22.5 Å². The van der Waals surface area contributed by atoms with Crippen LogP contribution in [0.1, 0.15) is 37.5 Å². The normalized spacial score (nSPS) is 14.6. The third kappa shape index (κ3) is 6.24. The van der Waals surface area contributed by atoms with Gasteiger partial charge in [-0.3, -0.25) is 0 Å². The maximum absolute atomic E-state index is 13.9. The van der Waals surface area contributed by atoms with Gasteiger partial charge in [-0.2, -0.15) is 26.3 Å². The second kappa shape index (κ2) is 14.4. The molecule has 11 rings (SSSR count). The van der Waals surface area contributed by atoms with Crippen molar-refractivity contribution in [3.05, 3.63) is 193 Å². The van der Waals surface area contributed by atoms with Crippen LogP contribution in [0.4, 0.5) is 60.5 Å². The molecular weight excluding hydrogens is 842 g/mol. The Morgan fingerprint density at radius 2 is 0.800 bits per heavy atom. The Hall–Kier alpha value is -6.78. The van der Waals surface area contributed by atoms with Gasteiger partial charge in [0.1, 0.15) is 8.07 Å². The van der Waals surface area contributed by atoms with E-state index in [0.717, 1.165) is 80.5 Å². The standard InChI is InChI=1S/C55H41BF6N2Si/c1-53(2,3)38-32-46-50-47(33-38)64(43-19-11-9-17-41(43)35-26-30-37(31-27-35)55(60,61)62)45-21-13-23-49-52(45)56(50)51-44(20-12-22-48(51)65(49,4)39-14-6-5-7-15-39)63(46)42-18-10-8-16-40(42)34-24-28-36(29-25-34)54(57,58)59/h5-33H,1-4H3. The lowest BCUT2D eigenvalue weighted by Gasteiger charge is -2.51. The maximum atomic E-state index is 13.9. The van der Waals surface area contributed by atoms with Gasteiger partial charge in [0.15, 0.2) is 0 Å². The summed E-state index contributed by atoms with van der Waals surface area (Å²) < 4.78 is 83.3. The molecule has 0 atom stereocenters. The topological polar surface area (TPSA) is 6.48 Å². The molecule has 0 amide bonds. The van der Waals surface area contributed by atoms with Gasteiger partial charge in [-0.25, -0.2) is 0 Å². The smallest absolute Gasteiger partial charge is 0.311 e. The molecule has 0 unspecified atom stereocenters. The Balaban J connectivity index is 1.26. The summed E-state index contributed by atoms with van der Waals surface area (Å²) in [6, 6.07) is 55.2. The zero-order valence-corrected chi connectivity index (χ0v) is 37.0. The van der Waals surface area contributed by atoms with E-state index in [4.69, 9.17) is 0 Å². The molecule has 8 aromatic carbocycles. The highest BCUT2D eigenvalue weighted by atomic mass is 28.3. The fourth-order valence-electron chi connectivity index (χ4n) is 10.6. The van der Waals surface area contributed by atoms with Crippen LogP contribution in [0.3, 0.4) is 0 Å². The maximum Gasteiger partial charge on any atom is 0.416 e. The number of rotatable bonds is 5. The highest BCUT2D eigenvalue weighted by Gasteiger charge is 2.54. The molecule has 0 saturated carbocycles. The molecule has 3 aliphatic heterocycles. The van der Waals surface area contributed by atoms with Crippen molar-refractivity contribution in [1.82, 2.24) is 0 Å². The van der Waals surface area contributed by atoms with Crippen molar-refractivity contribution in [2.24, 2.45) is 0 Å². The highest BCUT2D eigenvalue weighted by Crippen LogP contribution is 2.50. The minimum atomic E-state index is -4.48. The number of anilines is 6. The monoisotopic (exact) mass is 882 g/mol. The van der Waals surface area contributed by atoms with Crippen LogP contribution in [0.2, 0.25) is 6.55 Å². The number of hydrogen-bond acceptors (Lipinski definition) is 2. The molecule has 0 aromatic heterocycles. The number of halogens is 6. The second-order valence-electron chi connectivity index (χ2n) is 18.4. The molecule has 320 valence electrons. The number of para-hydroxylation sites is 2. The van der Waals surface area contributed by atoms with E-state index in [2.05, 4.69) is 122 Å². The summed E-state index contributed by atoms with van der Waals surface area (Å²) in [5.41, 5.74) is 11.3. The number of hydrogen-bond donors (Lipinski definition) is 0. The largest absolute Gasteiger partial charge is 0.416 e. The van der Waals surface area contributed by atoms with E-state index in [1.165, 1.54) is 26.5 Å². The molecule has 3 aliphatic rings. The molecule has 0 aliphatic carbocycles. The molecule has 3 heterocycles. The predicted molar refractivity (Wildman–Crippen MR) is 257 cm³/mol.